The molecule has 8 heteroatoms. The van der Waals surface area contributed by atoms with Gasteiger partial charge in [0, 0.05) is 11.9 Å². The van der Waals surface area contributed by atoms with Gasteiger partial charge in [0.1, 0.15) is 5.15 Å². The predicted molar refractivity (Wildman–Crippen MR) is 110 cm³/mol. The second kappa shape index (κ2) is 8.90. The Hall–Kier alpha value is -2.15. The summed E-state index contributed by atoms with van der Waals surface area (Å²) in [5.41, 5.74) is 3.40. The van der Waals surface area contributed by atoms with Gasteiger partial charge in [0.15, 0.2) is 6.54 Å². The molecule has 1 aromatic carbocycles. The summed E-state index contributed by atoms with van der Waals surface area (Å²) in [5.74, 6) is -0.133. The van der Waals surface area contributed by atoms with Gasteiger partial charge in [-0.2, -0.15) is 0 Å². The molecule has 2 amide bonds. The van der Waals surface area contributed by atoms with Gasteiger partial charge in [-0.05, 0) is 31.0 Å². The number of pyridine rings is 1. The molecule has 1 aliphatic heterocycles. The molecule has 28 heavy (non-hydrogen) atoms. The van der Waals surface area contributed by atoms with Crippen LogP contribution in [0.1, 0.15) is 21.5 Å². The van der Waals surface area contributed by atoms with Crippen molar-refractivity contribution in [1.82, 2.24) is 9.88 Å². The molecule has 2 N–H and O–H groups in total. The molecule has 1 saturated heterocycles. The van der Waals surface area contributed by atoms with Gasteiger partial charge in [-0.15, -0.1) is 0 Å². The molecule has 2 heterocycles. The molecule has 0 atom stereocenters. The van der Waals surface area contributed by atoms with E-state index in [1.165, 1.54) is 12.3 Å². The van der Waals surface area contributed by atoms with Crippen LogP contribution >= 0.6 is 23.2 Å². The van der Waals surface area contributed by atoms with E-state index in [2.05, 4.69) is 10.3 Å². The molecule has 0 bridgehead atoms. The second-order valence-electron chi connectivity index (χ2n) is 7.03. The van der Waals surface area contributed by atoms with Crippen LogP contribution in [0.15, 0.2) is 30.5 Å². The summed E-state index contributed by atoms with van der Waals surface area (Å²) in [6, 6.07) is 7.48. The highest BCUT2D eigenvalue weighted by Gasteiger charge is 2.26. The van der Waals surface area contributed by atoms with Crippen LogP contribution < -0.4 is 10.2 Å². The highest BCUT2D eigenvalue weighted by molar-refractivity contribution is 6.41. The minimum absolute atomic E-state index is 0.0131. The third kappa shape index (κ3) is 4.82. The highest BCUT2D eigenvalue weighted by Crippen LogP contribution is 2.21. The van der Waals surface area contributed by atoms with E-state index in [0.29, 0.717) is 38.3 Å². The van der Waals surface area contributed by atoms with Crippen molar-refractivity contribution in [1.29, 1.82) is 0 Å². The van der Waals surface area contributed by atoms with Crippen LogP contribution in [0.4, 0.5) is 5.69 Å². The maximum absolute atomic E-state index is 12.6. The largest absolute Gasteiger partial charge is 0.327 e. The predicted octanol–water partition coefficient (Wildman–Crippen LogP) is 1.98. The van der Waals surface area contributed by atoms with Crippen molar-refractivity contribution in [3.05, 3.63) is 57.3 Å². The first-order valence-corrected chi connectivity index (χ1v) is 9.90. The van der Waals surface area contributed by atoms with Gasteiger partial charge >= 0.3 is 0 Å². The lowest BCUT2D eigenvalue weighted by Crippen LogP contribution is -3.15. The Balaban J connectivity index is 1.53. The summed E-state index contributed by atoms with van der Waals surface area (Å²) in [6.45, 7) is 6.91. The Morgan fingerprint density at radius 2 is 1.82 bits per heavy atom. The molecule has 2 aromatic rings. The zero-order valence-electron chi connectivity index (χ0n) is 15.9. The summed E-state index contributed by atoms with van der Waals surface area (Å²) in [4.78, 5) is 31.9. The number of carbonyl (C=O) groups excluding carboxylic acids is 2. The zero-order valence-corrected chi connectivity index (χ0v) is 17.4. The molecular weight excluding hydrogens is 399 g/mol. The van der Waals surface area contributed by atoms with Crippen molar-refractivity contribution in [2.45, 2.75) is 13.8 Å². The number of amides is 2. The number of nitrogens with one attached hydrogen (secondary N) is 2. The molecular formula is C20H23Cl2N4O2+. The molecule has 0 radical (unpaired) electrons. The van der Waals surface area contributed by atoms with Crippen molar-refractivity contribution in [3.8, 4) is 0 Å². The molecule has 3 rings (SSSR count). The number of aromatic nitrogens is 1. The number of hydrogen-bond donors (Lipinski definition) is 2. The molecule has 0 saturated carbocycles. The number of rotatable bonds is 4. The van der Waals surface area contributed by atoms with Gasteiger partial charge < -0.3 is 15.1 Å². The van der Waals surface area contributed by atoms with Crippen molar-refractivity contribution >= 4 is 40.7 Å². The second-order valence-corrected chi connectivity index (χ2v) is 7.80. The molecule has 0 unspecified atom stereocenters. The average Bonchev–Trinajstić information content (AvgIpc) is 2.67. The van der Waals surface area contributed by atoms with E-state index in [4.69, 9.17) is 23.2 Å². The van der Waals surface area contributed by atoms with Crippen LogP contribution in [0.2, 0.25) is 10.2 Å². The SMILES string of the molecule is Cc1cccc(C)c1NC(=O)C[NH+]1CCN(C(=O)c2cnc(Cl)c(Cl)c2)CC1. The van der Waals surface area contributed by atoms with Crippen molar-refractivity contribution in [3.63, 3.8) is 0 Å². The molecule has 0 aliphatic carbocycles. The number of halogens is 2. The maximum Gasteiger partial charge on any atom is 0.279 e. The fraction of sp³-hybridized carbons (Fsp3) is 0.350. The van der Waals surface area contributed by atoms with Gasteiger partial charge in [-0.25, -0.2) is 4.98 Å². The monoisotopic (exact) mass is 421 g/mol. The van der Waals surface area contributed by atoms with Gasteiger partial charge in [0.05, 0.1) is 36.8 Å². The topological polar surface area (TPSA) is 66.7 Å². The van der Waals surface area contributed by atoms with E-state index in [-0.39, 0.29) is 22.0 Å². The summed E-state index contributed by atoms with van der Waals surface area (Å²) in [5, 5.41) is 3.47. The Labute approximate surface area is 174 Å². The van der Waals surface area contributed by atoms with Gasteiger partial charge in [-0.3, -0.25) is 9.59 Å². The van der Waals surface area contributed by atoms with Gasteiger partial charge in [0.2, 0.25) is 0 Å². The zero-order chi connectivity index (χ0) is 20.3. The number of quaternary nitrogens is 1. The number of para-hydroxylation sites is 1. The van der Waals surface area contributed by atoms with Crippen molar-refractivity contribution < 1.29 is 14.5 Å². The Bertz CT molecular complexity index is 876. The molecule has 1 aliphatic rings. The molecule has 148 valence electrons. The summed E-state index contributed by atoms with van der Waals surface area (Å²) >= 11 is 11.8. The van der Waals surface area contributed by atoms with Crippen molar-refractivity contribution in [2.24, 2.45) is 0 Å². The minimum Gasteiger partial charge on any atom is -0.327 e. The Kier molecular flexibility index (Phi) is 6.54. The van der Waals surface area contributed by atoms with E-state index < -0.39 is 0 Å². The normalized spacial score (nSPS) is 14.8. The van der Waals surface area contributed by atoms with E-state index in [0.717, 1.165) is 21.7 Å². The summed E-state index contributed by atoms with van der Waals surface area (Å²) in [7, 11) is 0. The number of hydrogen-bond acceptors (Lipinski definition) is 3. The fourth-order valence-corrected chi connectivity index (χ4v) is 3.62. The minimum atomic E-state index is -0.120. The number of piperazine rings is 1. The number of anilines is 1. The van der Waals surface area contributed by atoms with Crippen LogP contribution in [-0.4, -0.2) is 54.4 Å². The van der Waals surface area contributed by atoms with E-state index in [9.17, 15) is 9.59 Å². The Morgan fingerprint density at radius 3 is 2.43 bits per heavy atom. The van der Waals surface area contributed by atoms with Gasteiger partial charge in [-0.1, -0.05) is 41.4 Å². The first kappa shape index (κ1) is 20.6. The first-order valence-electron chi connectivity index (χ1n) is 9.15. The van der Waals surface area contributed by atoms with E-state index in [1.54, 1.807) is 4.90 Å². The third-order valence-electron chi connectivity index (χ3n) is 4.96. The molecule has 1 aromatic heterocycles. The lowest BCUT2D eigenvalue weighted by atomic mass is 10.1. The smallest absolute Gasteiger partial charge is 0.279 e. The quantitative estimate of drug-likeness (QED) is 0.741. The average molecular weight is 422 g/mol. The van der Waals surface area contributed by atoms with E-state index >= 15 is 0 Å². The number of aryl methyl sites for hydroxylation is 2. The van der Waals surface area contributed by atoms with Crippen LogP contribution in [-0.2, 0) is 4.79 Å². The summed E-state index contributed by atoms with van der Waals surface area (Å²) in [6.07, 6.45) is 1.44. The third-order valence-corrected chi connectivity index (χ3v) is 5.64. The number of carbonyl (C=O) groups is 2. The summed E-state index contributed by atoms with van der Waals surface area (Å²) < 4.78 is 0. The lowest BCUT2D eigenvalue weighted by molar-refractivity contribution is -0.895. The lowest BCUT2D eigenvalue weighted by Gasteiger charge is -2.32. The molecule has 0 spiro atoms. The number of benzene rings is 1. The fourth-order valence-electron chi connectivity index (χ4n) is 3.35. The van der Waals surface area contributed by atoms with E-state index in [1.807, 2.05) is 32.0 Å². The Morgan fingerprint density at radius 1 is 1.18 bits per heavy atom. The molecule has 1 fully saturated rings. The number of nitrogens with zero attached hydrogens (tertiary/aromatic N) is 2. The first-order chi connectivity index (χ1) is 13.3. The van der Waals surface area contributed by atoms with Crippen LogP contribution in [0.25, 0.3) is 0 Å². The maximum atomic E-state index is 12.6. The standard InChI is InChI=1S/C20H22Cl2N4O2/c1-13-4-3-5-14(2)18(13)24-17(27)12-25-6-8-26(9-7-25)20(28)15-10-16(21)19(22)23-11-15/h3-5,10-11H,6-9,12H2,1-2H3,(H,24,27)/p+1. The van der Waals surface area contributed by atoms with Crippen LogP contribution in [0.3, 0.4) is 0 Å². The van der Waals surface area contributed by atoms with Gasteiger partial charge in [0.25, 0.3) is 11.8 Å². The van der Waals surface area contributed by atoms with Crippen LogP contribution in [0.5, 0.6) is 0 Å². The molecule has 6 nitrogen and oxygen atoms in total. The van der Waals surface area contributed by atoms with Crippen molar-refractivity contribution in [2.75, 3.05) is 38.0 Å². The highest BCUT2D eigenvalue weighted by atomic mass is 35.5. The van der Waals surface area contributed by atoms with Crippen LogP contribution in [0, 0.1) is 13.8 Å².